The summed E-state index contributed by atoms with van der Waals surface area (Å²) in [4.78, 5) is 9.38. The van der Waals surface area contributed by atoms with E-state index in [4.69, 9.17) is 9.72 Å². The van der Waals surface area contributed by atoms with Crippen LogP contribution in [0.2, 0.25) is 0 Å². The molecule has 0 radical (unpaired) electrons. The Hall–Kier alpha value is -1.00. The second kappa shape index (κ2) is 8.44. The van der Waals surface area contributed by atoms with Crippen LogP contribution < -0.4 is 5.32 Å². The van der Waals surface area contributed by atoms with Crippen LogP contribution in [0.4, 0.5) is 0 Å². The predicted molar refractivity (Wildman–Crippen MR) is 87.4 cm³/mol. The molecule has 0 amide bonds. The largest absolute Gasteiger partial charge is 0.367 e. The molecule has 0 aliphatic rings. The highest BCUT2D eigenvalue weighted by Gasteiger charge is 2.32. The molecule has 0 aliphatic heterocycles. The molecule has 120 valence electrons. The number of hydrogen-bond donors (Lipinski definition) is 1. The van der Waals surface area contributed by atoms with Gasteiger partial charge in [-0.3, -0.25) is 0 Å². The molecule has 4 heteroatoms. The molecular weight excluding hydrogens is 262 g/mol. The van der Waals surface area contributed by atoms with Gasteiger partial charge in [0.15, 0.2) is 5.82 Å². The van der Waals surface area contributed by atoms with Crippen LogP contribution in [0.3, 0.4) is 0 Å². The zero-order chi connectivity index (χ0) is 15.9. The lowest BCUT2D eigenvalue weighted by Gasteiger charge is -2.30. The van der Waals surface area contributed by atoms with Gasteiger partial charge in [-0.25, -0.2) is 9.97 Å². The first-order valence-electron chi connectivity index (χ1n) is 8.25. The van der Waals surface area contributed by atoms with Gasteiger partial charge in [-0.05, 0) is 46.6 Å². The zero-order valence-corrected chi connectivity index (χ0v) is 14.5. The fourth-order valence-corrected chi connectivity index (χ4v) is 2.70. The van der Waals surface area contributed by atoms with Crippen LogP contribution in [-0.2, 0) is 10.3 Å². The fourth-order valence-electron chi connectivity index (χ4n) is 2.70. The first-order chi connectivity index (χ1) is 10.0. The molecule has 1 atom stereocenters. The number of rotatable bonds is 9. The molecule has 0 bridgehead atoms. The van der Waals surface area contributed by atoms with Gasteiger partial charge in [0.05, 0.1) is 0 Å². The van der Waals surface area contributed by atoms with Gasteiger partial charge in [0.2, 0.25) is 0 Å². The summed E-state index contributed by atoms with van der Waals surface area (Å²) < 4.78 is 5.99. The summed E-state index contributed by atoms with van der Waals surface area (Å²) >= 11 is 0. The summed E-state index contributed by atoms with van der Waals surface area (Å²) in [5, 5.41) is 3.49. The SMILES string of the molecule is CCCNC(C)c1cnc(C(CC)(CC)OCC)nc1C. The van der Waals surface area contributed by atoms with Crippen molar-refractivity contribution in [3.05, 3.63) is 23.3 Å². The van der Waals surface area contributed by atoms with Gasteiger partial charge in [-0.15, -0.1) is 0 Å². The summed E-state index contributed by atoms with van der Waals surface area (Å²) in [5.74, 6) is 0.818. The van der Waals surface area contributed by atoms with E-state index in [0.29, 0.717) is 6.61 Å². The van der Waals surface area contributed by atoms with E-state index in [9.17, 15) is 0 Å². The van der Waals surface area contributed by atoms with E-state index in [-0.39, 0.29) is 11.6 Å². The van der Waals surface area contributed by atoms with Crippen molar-refractivity contribution in [3.8, 4) is 0 Å². The van der Waals surface area contributed by atoms with Gasteiger partial charge in [-0.1, -0.05) is 20.8 Å². The normalized spacial score (nSPS) is 13.4. The van der Waals surface area contributed by atoms with E-state index < -0.39 is 0 Å². The average Bonchev–Trinajstić information content (AvgIpc) is 2.50. The Balaban J connectivity index is 3.05. The zero-order valence-electron chi connectivity index (χ0n) is 14.5. The van der Waals surface area contributed by atoms with Gasteiger partial charge in [-0.2, -0.15) is 0 Å². The third kappa shape index (κ3) is 4.24. The van der Waals surface area contributed by atoms with Gasteiger partial charge < -0.3 is 10.1 Å². The van der Waals surface area contributed by atoms with E-state index in [1.54, 1.807) is 0 Å². The number of nitrogens with one attached hydrogen (secondary N) is 1. The minimum Gasteiger partial charge on any atom is -0.367 e. The van der Waals surface area contributed by atoms with Crippen LogP contribution in [0.1, 0.15) is 77.0 Å². The van der Waals surface area contributed by atoms with Crippen LogP contribution in [0, 0.1) is 6.92 Å². The molecule has 0 fully saturated rings. The lowest BCUT2D eigenvalue weighted by atomic mass is 9.95. The van der Waals surface area contributed by atoms with Crippen LogP contribution >= 0.6 is 0 Å². The van der Waals surface area contributed by atoms with Gasteiger partial charge in [0, 0.05) is 30.1 Å². The van der Waals surface area contributed by atoms with Crippen molar-refractivity contribution in [2.24, 2.45) is 0 Å². The Morgan fingerprint density at radius 1 is 1.24 bits per heavy atom. The monoisotopic (exact) mass is 293 g/mol. The van der Waals surface area contributed by atoms with E-state index in [1.165, 1.54) is 5.56 Å². The predicted octanol–water partition coefficient (Wildman–Crippen LogP) is 3.90. The minimum atomic E-state index is -0.349. The molecule has 0 aromatic carbocycles. The Labute approximate surface area is 129 Å². The Bertz CT molecular complexity index is 430. The number of aryl methyl sites for hydroxylation is 1. The lowest BCUT2D eigenvalue weighted by Crippen LogP contribution is -2.31. The molecule has 1 aromatic rings. The van der Waals surface area contributed by atoms with Crippen LogP contribution in [0.5, 0.6) is 0 Å². The molecule has 0 spiro atoms. The van der Waals surface area contributed by atoms with Crippen LogP contribution in [0.15, 0.2) is 6.20 Å². The summed E-state index contributed by atoms with van der Waals surface area (Å²) in [5.41, 5.74) is 1.87. The second-order valence-corrected chi connectivity index (χ2v) is 5.54. The molecule has 1 N–H and O–H groups in total. The Kier molecular flexibility index (Phi) is 7.26. The van der Waals surface area contributed by atoms with Crippen molar-refractivity contribution in [1.29, 1.82) is 0 Å². The standard InChI is InChI=1S/C17H31N3O/c1-7-11-18-13(5)15-12-19-16(20-14(15)6)17(8-2,9-3)21-10-4/h12-13,18H,7-11H2,1-6H3. The maximum atomic E-state index is 5.99. The molecule has 4 nitrogen and oxygen atoms in total. The minimum absolute atomic E-state index is 0.281. The van der Waals surface area contributed by atoms with E-state index >= 15 is 0 Å². The summed E-state index contributed by atoms with van der Waals surface area (Å²) in [6.07, 6.45) is 4.87. The molecule has 1 rings (SSSR count). The first-order valence-corrected chi connectivity index (χ1v) is 8.25. The van der Waals surface area contributed by atoms with Crippen molar-refractivity contribution in [2.45, 2.75) is 72.4 Å². The summed E-state index contributed by atoms with van der Waals surface area (Å²) in [6.45, 7) is 14.4. The third-order valence-electron chi connectivity index (χ3n) is 4.15. The van der Waals surface area contributed by atoms with E-state index in [0.717, 1.165) is 37.3 Å². The van der Waals surface area contributed by atoms with Crippen molar-refractivity contribution < 1.29 is 4.74 Å². The topological polar surface area (TPSA) is 47.0 Å². The number of nitrogens with zero attached hydrogens (tertiary/aromatic N) is 2. The number of ether oxygens (including phenoxy) is 1. The highest BCUT2D eigenvalue weighted by molar-refractivity contribution is 5.21. The second-order valence-electron chi connectivity index (χ2n) is 5.54. The lowest BCUT2D eigenvalue weighted by molar-refractivity contribution is -0.0573. The van der Waals surface area contributed by atoms with Gasteiger partial charge >= 0.3 is 0 Å². The van der Waals surface area contributed by atoms with Crippen molar-refractivity contribution in [2.75, 3.05) is 13.2 Å². The van der Waals surface area contributed by atoms with E-state index in [2.05, 4.69) is 44.9 Å². The molecule has 1 aromatic heterocycles. The van der Waals surface area contributed by atoms with Crippen LogP contribution in [0.25, 0.3) is 0 Å². The summed E-state index contributed by atoms with van der Waals surface area (Å²) in [7, 11) is 0. The molecule has 1 unspecified atom stereocenters. The Morgan fingerprint density at radius 3 is 2.38 bits per heavy atom. The smallest absolute Gasteiger partial charge is 0.160 e. The molecule has 0 saturated heterocycles. The maximum absolute atomic E-state index is 5.99. The number of aromatic nitrogens is 2. The maximum Gasteiger partial charge on any atom is 0.160 e. The molecular formula is C17H31N3O. The fraction of sp³-hybridized carbons (Fsp3) is 0.765. The highest BCUT2D eigenvalue weighted by Crippen LogP contribution is 2.31. The molecule has 0 aliphatic carbocycles. The molecule has 0 saturated carbocycles. The first kappa shape index (κ1) is 18.1. The van der Waals surface area contributed by atoms with Gasteiger partial charge in [0.25, 0.3) is 0 Å². The third-order valence-corrected chi connectivity index (χ3v) is 4.15. The van der Waals surface area contributed by atoms with E-state index in [1.807, 2.05) is 13.1 Å². The Morgan fingerprint density at radius 2 is 1.90 bits per heavy atom. The molecule has 1 heterocycles. The van der Waals surface area contributed by atoms with Crippen molar-refractivity contribution in [1.82, 2.24) is 15.3 Å². The van der Waals surface area contributed by atoms with Gasteiger partial charge in [0.1, 0.15) is 5.60 Å². The summed E-state index contributed by atoms with van der Waals surface area (Å²) in [6, 6.07) is 0.281. The van der Waals surface area contributed by atoms with Crippen LogP contribution in [-0.4, -0.2) is 23.1 Å². The number of hydrogen-bond acceptors (Lipinski definition) is 4. The van der Waals surface area contributed by atoms with Crippen molar-refractivity contribution in [3.63, 3.8) is 0 Å². The van der Waals surface area contributed by atoms with Crippen molar-refractivity contribution >= 4 is 0 Å². The highest BCUT2D eigenvalue weighted by atomic mass is 16.5. The quantitative estimate of drug-likeness (QED) is 0.750. The molecule has 21 heavy (non-hydrogen) atoms. The average molecular weight is 293 g/mol.